The number of hydrogen-bond donors (Lipinski definition) is 0. The molecule has 9 aromatic rings. The van der Waals surface area contributed by atoms with Crippen LogP contribution in [0.2, 0.25) is 0 Å². The van der Waals surface area contributed by atoms with Gasteiger partial charge in [0.15, 0.2) is 5.82 Å². The molecular formula is C43H30N4O2. The van der Waals surface area contributed by atoms with Crippen LogP contribution in [0.15, 0.2) is 155 Å². The van der Waals surface area contributed by atoms with Crippen molar-refractivity contribution in [3.8, 4) is 56.2 Å². The van der Waals surface area contributed by atoms with Crippen molar-refractivity contribution in [1.29, 1.82) is 0 Å². The Hall–Kier alpha value is -6.53. The Morgan fingerprint density at radius 2 is 1.12 bits per heavy atom. The van der Waals surface area contributed by atoms with Gasteiger partial charge in [-0.05, 0) is 64.7 Å². The van der Waals surface area contributed by atoms with Crippen LogP contribution in [-0.2, 0) is 14.1 Å². The summed E-state index contributed by atoms with van der Waals surface area (Å²) in [6.45, 7) is 0. The Morgan fingerprint density at radius 1 is 0.469 bits per heavy atom. The summed E-state index contributed by atoms with van der Waals surface area (Å²) in [6.07, 6.45) is 0. The van der Waals surface area contributed by atoms with E-state index < -0.39 is 0 Å². The predicted molar refractivity (Wildman–Crippen MR) is 198 cm³/mol. The lowest BCUT2D eigenvalue weighted by molar-refractivity contribution is 0.669. The highest BCUT2D eigenvalue weighted by Gasteiger charge is 2.16. The standard InChI is InChI=1S/C43H30N4O2/c1-46-38-22-20-29(24-39(38)47(2)43(46)48)28-13-10-14-31(23-28)36-26-37(45-42(44-36)27-11-4-3-5-12-27)33-16-7-6-15-32(33)30-19-21-35-34-17-8-9-18-40(34)49-41(35)25-30/h3-26H,1-2H3. The first-order valence-corrected chi connectivity index (χ1v) is 16.2. The third-order valence-corrected chi connectivity index (χ3v) is 9.41. The molecular weight excluding hydrogens is 604 g/mol. The molecule has 0 bridgehead atoms. The van der Waals surface area contributed by atoms with Crippen LogP contribution in [0, 0.1) is 0 Å². The average molecular weight is 635 g/mol. The van der Waals surface area contributed by atoms with Crippen LogP contribution >= 0.6 is 0 Å². The predicted octanol–water partition coefficient (Wildman–Crippen LogP) is 9.90. The van der Waals surface area contributed by atoms with E-state index in [0.29, 0.717) is 5.82 Å². The third kappa shape index (κ3) is 4.85. The van der Waals surface area contributed by atoms with Crippen LogP contribution in [0.25, 0.3) is 89.1 Å². The average Bonchev–Trinajstić information content (AvgIpc) is 3.64. The van der Waals surface area contributed by atoms with E-state index in [-0.39, 0.29) is 5.69 Å². The minimum Gasteiger partial charge on any atom is -0.456 e. The quantitative estimate of drug-likeness (QED) is 0.189. The van der Waals surface area contributed by atoms with Gasteiger partial charge < -0.3 is 4.42 Å². The largest absolute Gasteiger partial charge is 0.456 e. The summed E-state index contributed by atoms with van der Waals surface area (Å²) < 4.78 is 9.62. The van der Waals surface area contributed by atoms with E-state index in [1.807, 2.05) is 61.6 Å². The van der Waals surface area contributed by atoms with Gasteiger partial charge in [0.2, 0.25) is 0 Å². The Kier molecular flexibility index (Phi) is 6.62. The first kappa shape index (κ1) is 28.7. The molecule has 0 amide bonds. The summed E-state index contributed by atoms with van der Waals surface area (Å²) >= 11 is 0. The number of aromatic nitrogens is 4. The van der Waals surface area contributed by atoms with Gasteiger partial charge in [-0.1, -0.05) is 103 Å². The van der Waals surface area contributed by atoms with Gasteiger partial charge in [-0.3, -0.25) is 9.13 Å². The molecule has 9 rings (SSSR count). The highest BCUT2D eigenvalue weighted by molar-refractivity contribution is 6.06. The summed E-state index contributed by atoms with van der Waals surface area (Å²) in [5.74, 6) is 0.654. The van der Waals surface area contributed by atoms with E-state index in [9.17, 15) is 4.79 Å². The second-order valence-electron chi connectivity index (χ2n) is 12.4. The molecule has 0 aliphatic carbocycles. The van der Waals surface area contributed by atoms with Gasteiger partial charge in [0.1, 0.15) is 11.2 Å². The maximum atomic E-state index is 12.6. The number of nitrogens with zero attached hydrogens (tertiary/aromatic N) is 4. The fourth-order valence-electron chi connectivity index (χ4n) is 6.85. The van der Waals surface area contributed by atoms with E-state index in [4.69, 9.17) is 14.4 Å². The molecule has 0 saturated heterocycles. The third-order valence-electron chi connectivity index (χ3n) is 9.41. The summed E-state index contributed by atoms with van der Waals surface area (Å²) in [5.41, 5.74) is 12.2. The number of rotatable bonds is 5. The van der Waals surface area contributed by atoms with Gasteiger partial charge >= 0.3 is 5.69 Å². The molecule has 0 fully saturated rings. The Morgan fingerprint density at radius 3 is 2.00 bits per heavy atom. The van der Waals surface area contributed by atoms with Gasteiger partial charge in [-0.25, -0.2) is 14.8 Å². The summed E-state index contributed by atoms with van der Waals surface area (Å²) in [6, 6.07) is 49.7. The van der Waals surface area contributed by atoms with Crippen LogP contribution in [0.4, 0.5) is 0 Å². The molecule has 3 heterocycles. The zero-order valence-electron chi connectivity index (χ0n) is 27.0. The number of benzene rings is 6. The van der Waals surface area contributed by atoms with Crippen molar-refractivity contribution in [3.05, 3.63) is 156 Å². The SMILES string of the molecule is Cn1c(=O)n(C)c2cc(-c3cccc(-c4cc(-c5ccccc5-c5ccc6c(c5)oc5ccccc56)nc(-c5ccccc5)n4)c3)ccc21. The summed E-state index contributed by atoms with van der Waals surface area (Å²) in [4.78, 5) is 22.8. The minimum atomic E-state index is -0.0411. The molecule has 0 spiro atoms. The van der Waals surface area contributed by atoms with Crippen molar-refractivity contribution in [1.82, 2.24) is 19.1 Å². The molecule has 6 aromatic carbocycles. The first-order chi connectivity index (χ1) is 24.0. The van der Waals surface area contributed by atoms with Crippen LogP contribution in [0.5, 0.6) is 0 Å². The Balaban J connectivity index is 1.19. The topological polar surface area (TPSA) is 65.8 Å². The lowest BCUT2D eigenvalue weighted by atomic mass is 9.95. The minimum absolute atomic E-state index is 0.0411. The first-order valence-electron chi connectivity index (χ1n) is 16.2. The Bertz CT molecular complexity index is 2770. The maximum Gasteiger partial charge on any atom is 0.328 e. The number of para-hydroxylation sites is 1. The molecule has 0 N–H and O–H groups in total. The fraction of sp³-hybridized carbons (Fsp3) is 0.0465. The van der Waals surface area contributed by atoms with Crippen molar-refractivity contribution < 1.29 is 4.42 Å². The molecule has 0 atom stereocenters. The van der Waals surface area contributed by atoms with E-state index >= 15 is 0 Å². The molecule has 6 nitrogen and oxygen atoms in total. The van der Waals surface area contributed by atoms with Crippen molar-refractivity contribution in [3.63, 3.8) is 0 Å². The molecule has 0 unspecified atom stereocenters. The van der Waals surface area contributed by atoms with Crippen molar-refractivity contribution >= 4 is 33.0 Å². The zero-order chi connectivity index (χ0) is 33.1. The number of aryl methyl sites for hydroxylation is 2. The van der Waals surface area contributed by atoms with Gasteiger partial charge in [0, 0.05) is 41.6 Å². The smallest absolute Gasteiger partial charge is 0.328 e. The number of imidazole rings is 1. The van der Waals surface area contributed by atoms with Crippen LogP contribution < -0.4 is 5.69 Å². The van der Waals surface area contributed by atoms with E-state index in [1.165, 1.54) is 0 Å². The van der Waals surface area contributed by atoms with E-state index in [1.54, 1.807) is 16.2 Å². The molecule has 0 aliphatic rings. The van der Waals surface area contributed by atoms with Crippen LogP contribution in [0.1, 0.15) is 0 Å². The van der Waals surface area contributed by atoms with Crippen molar-refractivity contribution in [2.75, 3.05) is 0 Å². The maximum absolute atomic E-state index is 12.6. The van der Waals surface area contributed by atoms with Gasteiger partial charge in [0.25, 0.3) is 0 Å². The molecule has 0 aliphatic heterocycles. The second kappa shape index (κ2) is 11.3. The fourth-order valence-corrected chi connectivity index (χ4v) is 6.85. The lowest BCUT2D eigenvalue weighted by Gasteiger charge is -2.13. The number of fused-ring (bicyclic) bond motifs is 4. The molecule has 6 heteroatoms. The van der Waals surface area contributed by atoms with Crippen LogP contribution in [-0.4, -0.2) is 19.1 Å². The highest BCUT2D eigenvalue weighted by atomic mass is 16.3. The highest BCUT2D eigenvalue weighted by Crippen LogP contribution is 2.38. The van der Waals surface area contributed by atoms with Gasteiger partial charge in [-0.2, -0.15) is 0 Å². The Labute approximate surface area is 282 Å². The van der Waals surface area contributed by atoms with Gasteiger partial charge in [-0.15, -0.1) is 0 Å². The monoisotopic (exact) mass is 634 g/mol. The van der Waals surface area contributed by atoms with E-state index in [2.05, 4.69) is 91.0 Å². The normalized spacial score (nSPS) is 11.6. The molecule has 3 aromatic heterocycles. The zero-order valence-corrected chi connectivity index (χ0v) is 27.0. The van der Waals surface area contributed by atoms with Crippen molar-refractivity contribution in [2.24, 2.45) is 14.1 Å². The van der Waals surface area contributed by atoms with Gasteiger partial charge in [0.05, 0.1) is 22.4 Å². The van der Waals surface area contributed by atoms with E-state index in [0.717, 1.165) is 83.3 Å². The van der Waals surface area contributed by atoms with Crippen molar-refractivity contribution in [2.45, 2.75) is 0 Å². The molecule has 49 heavy (non-hydrogen) atoms. The van der Waals surface area contributed by atoms with Crippen LogP contribution in [0.3, 0.4) is 0 Å². The second-order valence-corrected chi connectivity index (χ2v) is 12.4. The molecule has 0 saturated carbocycles. The number of furan rings is 1. The molecule has 0 radical (unpaired) electrons. The number of hydrogen-bond acceptors (Lipinski definition) is 4. The summed E-state index contributed by atoms with van der Waals surface area (Å²) in [7, 11) is 3.61. The lowest BCUT2D eigenvalue weighted by Crippen LogP contribution is -2.19. The summed E-state index contributed by atoms with van der Waals surface area (Å²) in [5, 5.41) is 2.21. The molecule has 234 valence electrons.